The molecule has 0 fully saturated rings. The third-order valence-corrected chi connectivity index (χ3v) is 3.47. The summed E-state index contributed by atoms with van der Waals surface area (Å²) in [5.41, 5.74) is 3.70. The molecule has 0 saturated heterocycles. The predicted molar refractivity (Wildman–Crippen MR) is 68.1 cm³/mol. The van der Waals surface area contributed by atoms with Crippen LogP contribution < -0.4 is 0 Å². The lowest BCUT2D eigenvalue weighted by Gasteiger charge is -2.01. The Hall–Kier alpha value is -2.08. The van der Waals surface area contributed by atoms with E-state index in [1.54, 1.807) is 4.68 Å². The third kappa shape index (κ3) is 1.94. The van der Waals surface area contributed by atoms with Crippen molar-refractivity contribution in [1.82, 2.24) is 14.8 Å². The van der Waals surface area contributed by atoms with Gasteiger partial charge in [0.25, 0.3) is 0 Å². The van der Waals surface area contributed by atoms with Crippen molar-refractivity contribution in [3.8, 4) is 11.3 Å². The Morgan fingerprint density at radius 2 is 2.32 bits per heavy atom. The van der Waals surface area contributed by atoms with E-state index in [1.165, 1.54) is 6.20 Å². The van der Waals surface area contributed by atoms with Crippen LogP contribution in [0.1, 0.15) is 28.0 Å². The maximum atomic E-state index is 11.3. The quantitative estimate of drug-likeness (QED) is 0.770. The van der Waals surface area contributed by atoms with Gasteiger partial charge in [-0.05, 0) is 24.8 Å². The van der Waals surface area contributed by atoms with E-state index in [2.05, 4.69) is 10.1 Å². The molecule has 1 aliphatic rings. The molecule has 2 aromatic heterocycles. The molecule has 0 unspecified atom stereocenters. The Bertz CT molecular complexity index is 627. The van der Waals surface area contributed by atoms with E-state index >= 15 is 0 Å². The van der Waals surface area contributed by atoms with Gasteiger partial charge in [0.05, 0.1) is 24.4 Å². The highest BCUT2D eigenvalue weighted by Gasteiger charge is 2.25. The number of carbonyl (C=O) groups is 1. The summed E-state index contributed by atoms with van der Waals surface area (Å²) >= 11 is 0. The van der Waals surface area contributed by atoms with Gasteiger partial charge in [0.15, 0.2) is 0 Å². The average molecular weight is 261 g/mol. The van der Waals surface area contributed by atoms with Crippen LogP contribution in [0.3, 0.4) is 0 Å². The standard InChI is InChI=1S/C13H15N3O3/c17-5-4-16-7-8-2-1-3-10-11(12(8)15-16)9(6-14-10)13(18)19/h6-7,14,17H,1-5H2,(H,18,19). The van der Waals surface area contributed by atoms with Crippen molar-refractivity contribution in [2.75, 3.05) is 6.61 Å². The van der Waals surface area contributed by atoms with Gasteiger partial charge in [0, 0.05) is 23.7 Å². The van der Waals surface area contributed by atoms with Crippen LogP contribution in [0, 0.1) is 0 Å². The van der Waals surface area contributed by atoms with Crippen LogP contribution >= 0.6 is 0 Å². The highest BCUT2D eigenvalue weighted by molar-refractivity contribution is 5.96. The SMILES string of the molecule is O=C(O)c1c[nH]c2c1-c1nn(CCO)cc1CCC2. The Morgan fingerprint density at radius 3 is 3.05 bits per heavy atom. The molecule has 0 aromatic carbocycles. The molecule has 0 saturated carbocycles. The number of aryl methyl sites for hydroxylation is 2. The predicted octanol–water partition coefficient (Wildman–Crippen LogP) is 1.06. The lowest BCUT2D eigenvalue weighted by molar-refractivity contribution is 0.0698. The number of aromatic amines is 1. The number of nitrogens with zero attached hydrogens (tertiary/aromatic N) is 2. The van der Waals surface area contributed by atoms with E-state index in [4.69, 9.17) is 5.11 Å². The van der Waals surface area contributed by atoms with Crippen molar-refractivity contribution >= 4 is 5.97 Å². The van der Waals surface area contributed by atoms with E-state index < -0.39 is 5.97 Å². The zero-order valence-corrected chi connectivity index (χ0v) is 10.4. The Kier molecular flexibility index (Phi) is 2.87. The van der Waals surface area contributed by atoms with Crippen molar-refractivity contribution in [2.24, 2.45) is 0 Å². The van der Waals surface area contributed by atoms with Gasteiger partial charge in [-0.3, -0.25) is 4.68 Å². The molecule has 0 radical (unpaired) electrons. The largest absolute Gasteiger partial charge is 0.478 e. The number of hydrogen-bond donors (Lipinski definition) is 3. The second-order valence-corrected chi connectivity index (χ2v) is 4.70. The molecule has 19 heavy (non-hydrogen) atoms. The molecule has 0 aliphatic heterocycles. The monoisotopic (exact) mass is 261 g/mol. The van der Waals surface area contributed by atoms with Crippen molar-refractivity contribution in [2.45, 2.75) is 25.8 Å². The van der Waals surface area contributed by atoms with Crippen LogP contribution in [-0.2, 0) is 19.4 Å². The van der Waals surface area contributed by atoms with Crippen LogP contribution in [0.4, 0.5) is 0 Å². The summed E-state index contributed by atoms with van der Waals surface area (Å²) in [7, 11) is 0. The summed E-state index contributed by atoms with van der Waals surface area (Å²) in [6, 6.07) is 0. The summed E-state index contributed by atoms with van der Waals surface area (Å²) in [4.78, 5) is 14.3. The number of H-pyrrole nitrogens is 1. The number of hydrogen-bond acceptors (Lipinski definition) is 3. The first kappa shape index (κ1) is 12.0. The molecule has 3 rings (SSSR count). The Labute approximate surface area is 109 Å². The van der Waals surface area contributed by atoms with E-state index in [0.717, 1.165) is 36.2 Å². The van der Waals surface area contributed by atoms with Gasteiger partial charge < -0.3 is 15.2 Å². The van der Waals surface area contributed by atoms with Crippen LogP contribution in [0.2, 0.25) is 0 Å². The number of aliphatic hydroxyl groups is 1. The first-order valence-electron chi connectivity index (χ1n) is 6.32. The van der Waals surface area contributed by atoms with Crippen LogP contribution in [0.15, 0.2) is 12.4 Å². The fourth-order valence-electron chi connectivity index (χ4n) is 2.63. The minimum absolute atomic E-state index is 0.0202. The zero-order valence-electron chi connectivity index (χ0n) is 10.4. The summed E-state index contributed by atoms with van der Waals surface area (Å²) in [5, 5.41) is 22.7. The fraction of sp³-hybridized carbons (Fsp3) is 0.385. The first-order valence-corrected chi connectivity index (χ1v) is 6.32. The number of rotatable bonds is 3. The third-order valence-electron chi connectivity index (χ3n) is 3.47. The van der Waals surface area contributed by atoms with Gasteiger partial charge in [-0.15, -0.1) is 0 Å². The normalized spacial score (nSPS) is 13.7. The minimum atomic E-state index is -0.943. The summed E-state index contributed by atoms with van der Waals surface area (Å²) in [6.07, 6.45) is 6.11. The molecule has 6 nitrogen and oxygen atoms in total. The lowest BCUT2D eigenvalue weighted by atomic mass is 10.1. The molecule has 0 amide bonds. The van der Waals surface area contributed by atoms with Crippen LogP contribution in [0.25, 0.3) is 11.3 Å². The number of aliphatic hydroxyl groups excluding tert-OH is 1. The number of nitrogens with one attached hydrogen (secondary N) is 1. The Balaban J connectivity index is 2.16. The van der Waals surface area contributed by atoms with Gasteiger partial charge in [-0.25, -0.2) is 4.79 Å². The van der Waals surface area contributed by atoms with Crippen molar-refractivity contribution in [1.29, 1.82) is 0 Å². The second-order valence-electron chi connectivity index (χ2n) is 4.70. The van der Waals surface area contributed by atoms with Gasteiger partial charge in [-0.2, -0.15) is 5.10 Å². The molecule has 3 N–H and O–H groups in total. The molecule has 1 aliphatic carbocycles. The van der Waals surface area contributed by atoms with Gasteiger partial charge in [0.2, 0.25) is 0 Å². The highest BCUT2D eigenvalue weighted by atomic mass is 16.4. The van der Waals surface area contributed by atoms with E-state index in [0.29, 0.717) is 12.1 Å². The molecule has 2 aromatic rings. The average Bonchev–Trinajstić information content (AvgIpc) is 2.91. The molecule has 0 spiro atoms. The molecule has 0 atom stereocenters. The second kappa shape index (κ2) is 4.55. The Morgan fingerprint density at radius 1 is 1.47 bits per heavy atom. The molecular weight excluding hydrogens is 246 g/mol. The van der Waals surface area contributed by atoms with Crippen molar-refractivity contribution < 1.29 is 15.0 Å². The van der Waals surface area contributed by atoms with Gasteiger partial charge in [-0.1, -0.05) is 0 Å². The smallest absolute Gasteiger partial charge is 0.337 e. The van der Waals surface area contributed by atoms with Crippen LogP contribution in [-0.4, -0.2) is 37.6 Å². The minimum Gasteiger partial charge on any atom is -0.478 e. The number of carboxylic acid groups (broad SMARTS) is 1. The van der Waals surface area contributed by atoms with Crippen molar-refractivity contribution in [3.05, 3.63) is 29.2 Å². The number of carboxylic acids is 1. The molecule has 0 bridgehead atoms. The summed E-state index contributed by atoms with van der Waals surface area (Å²) in [5.74, 6) is -0.943. The van der Waals surface area contributed by atoms with E-state index in [-0.39, 0.29) is 12.2 Å². The van der Waals surface area contributed by atoms with Gasteiger partial charge >= 0.3 is 5.97 Å². The fourth-order valence-corrected chi connectivity index (χ4v) is 2.63. The van der Waals surface area contributed by atoms with Crippen molar-refractivity contribution in [3.63, 3.8) is 0 Å². The molecule has 6 heteroatoms. The van der Waals surface area contributed by atoms with E-state index in [9.17, 15) is 9.90 Å². The lowest BCUT2D eigenvalue weighted by Crippen LogP contribution is -2.03. The maximum absolute atomic E-state index is 11.3. The summed E-state index contributed by atoms with van der Waals surface area (Å²) < 4.78 is 1.68. The first-order chi connectivity index (χ1) is 9.20. The molecule has 2 heterocycles. The number of fused-ring (bicyclic) bond motifs is 3. The number of aromatic carboxylic acids is 1. The zero-order chi connectivity index (χ0) is 13.4. The molecule has 100 valence electrons. The van der Waals surface area contributed by atoms with E-state index in [1.807, 2.05) is 6.20 Å². The molecular formula is C13H15N3O3. The van der Waals surface area contributed by atoms with Crippen LogP contribution in [0.5, 0.6) is 0 Å². The summed E-state index contributed by atoms with van der Waals surface area (Å²) in [6.45, 7) is 0.446. The number of aromatic nitrogens is 3. The van der Waals surface area contributed by atoms with Gasteiger partial charge in [0.1, 0.15) is 0 Å². The highest BCUT2D eigenvalue weighted by Crippen LogP contribution is 2.33. The maximum Gasteiger partial charge on any atom is 0.337 e. The topological polar surface area (TPSA) is 91.1 Å².